The van der Waals surface area contributed by atoms with Crippen LogP contribution in [0.25, 0.3) is 0 Å². The van der Waals surface area contributed by atoms with Gasteiger partial charge in [0.15, 0.2) is 0 Å². The molecule has 252 valence electrons. The van der Waals surface area contributed by atoms with E-state index in [1.807, 2.05) is 0 Å². The zero-order valence-electron chi connectivity index (χ0n) is 29.6. The number of hydrogen-bond acceptors (Lipinski definition) is 4. The van der Waals surface area contributed by atoms with Crippen molar-refractivity contribution < 1.29 is 0 Å². The zero-order chi connectivity index (χ0) is 30.2. The summed E-state index contributed by atoms with van der Waals surface area (Å²) >= 11 is 0. The topological polar surface area (TPSA) is 21.8 Å². The van der Waals surface area contributed by atoms with Crippen LogP contribution in [0.15, 0.2) is 0 Å². The van der Waals surface area contributed by atoms with Crippen LogP contribution in [0.2, 0.25) is 0 Å². The number of unbranched alkanes of at least 4 members (excludes halogenated alkanes) is 21. The minimum absolute atomic E-state index is 1.17. The standard InChI is InChI=1S/C38H80N4/c1-4-7-10-13-16-19-22-25-28-39-29-32-41-34-37-42(38-35-41)36-33-40(30-26-23-20-17-14-11-8-5-2)31-27-24-21-18-15-12-9-6-3/h39H,4-38H2,1-3H3. The van der Waals surface area contributed by atoms with Gasteiger partial charge in [0.25, 0.3) is 0 Å². The molecule has 1 aliphatic rings. The minimum Gasteiger partial charge on any atom is -0.315 e. The molecule has 1 aliphatic heterocycles. The van der Waals surface area contributed by atoms with Gasteiger partial charge in [0.05, 0.1) is 0 Å². The molecule has 0 saturated carbocycles. The first-order valence-electron chi connectivity index (χ1n) is 19.7. The summed E-state index contributed by atoms with van der Waals surface area (Å²) in [4.78, 5) is 8.27. The van der Waals surface area contributed by atoms with Crippen molar-refractivity contribution in [3.63, 3.8) is 0 Å². The maximum Gasteiger partial charge on any atom is 0.0110 e. The van der Waals surface area contributed by atoms with E-state index in [0.29, 0.717) is 0 Å². The molecular weight excluding hydrogens is 512 g/mol. The molecule has 1 saturated heterocycles. The average Bonchev–Trinajstić information content (AvgIpc) is 3.01. The number of hydrogen-bond donors (Lipinski definition) is 1. The average molecular weight is 593 g/mol. The first-order valence-corrected chi connectivity index (χ1v) is 19.7. The number of nitrogens with one attached hydrogen (secondary N) is 1. The molecule has 0 aromatic heterocycles. The second-order valence-electron chi connectivity index (χ2n) is 13.7. The molecule has 42 heavy (non-hydrogen) atoms. The Morgan fingerprint density at radius 2 is 0.738 bits per heavy atom. The normalized spacial score (nSPS) is 14.9. The third-order valence-corrected chi connectivity index (χ3v) is 9.67. The summed E-state index contributed by atoms with van der Waals surface area (Å²) in [5.41, 5.74) is 0. The van der Waals surface area contributed by atoms with Crippen molar-refractivity contribution in [2.75, 3.05) is 72.0 Å². The van der Waals surface area contributed by atoms with Crippen molar-refractivity contribution in [1.29, 1.82) is 0 Å². The minimum atomic E-state index is 1.17. The van der Waals surface area contributed by atoms with Gasteiger partial charge in [0.2, 0.25) is 0 Å². The molecule has 1 fully saturated rings. The molecular formula is C38H80N4. The van der Waals surface area contributed by atoms with Crippen LogP contribution in [-0.4, -0.2) is 86.7 Å². The summed E-state index contributed by atoms with van der Waals surface area (Å²) in [6.07, 6.45) is 34.2. The zero-order valence-corrected chi connectivity index (χ0v) is 29.6. The molecule has 0 atom stereocenters. The predicted octanol–water partition coefficient (Wildman–Crippen LogP) is 9.92. The number of piperazine rings is 1. The Morgan fingerprint density at radius 1 is 0.381 bits per heavy atom. The molecule has 0 aromatic carbocycles. The van der Waals surface area contributed by atoms with Crippen molar-refractivity contribution in [1.82, 2.24) is 20.0 Å². The van der Waals surface area contributed by atoms with Crippen molar-refractivity contribution in [2.45, 2.75) is 175 Å². The summed E-state index contributed by atoms with van der Waals surface area (Å²) in [6.45, 7) is 20.8. The monoisotopic (exact) mass is 593 g/mol. The van der Waals surface area contributed by atoms with Crippen molar-refractivity contribution >= 4 is 0 Å². The van der Waals surface area contributed by atoms with Gasteiger partial charge in [-0.15, -0.1) is 0 Å². The fraction of sp³-hybridized carbons (Fsp3) is 1.00. The van der Waals surface area contributed by atoms with E-state index in [1.165, 1.54) is 226 Å². The van der Waals surface area contributed by atoms with Crippen molar-refractivity contribution in [3.05, 3.63) is 0 Å². The molecule has 0 bridgehead atoms. The molecule has 0 aromatic rings. The Kier molecular flexibility index (Phi) is 30.6. The number of rotatable bonds is 33. The van der Waals surface area contributed by atoms with Crippen LogP contribution in [0.3, 0.4) is 0 Å². The van der Waals surface area contributed by atoms with Gasteiger partial charge in [-0.2, -0.15) is 0 Å². The van der Waals surface area contributed by atoms with Crippen molar-refractivity contribution in [2.24, 2.45) is 0 Å². The van der Waals surface area contributed by atoms with Crippen LogP contribution < -0.4 is 5.32 Å². The smallest absolute Gasteiger partial charge is 0.0110 e. The molecule has 4 heteroatoms. The van der Waals surface area contributed by atoms with E-state index < -0.39 is 0 Å². The number of nitrogens with zero attached hydrogens (tertiary/aromatic N) is 3. The maximum atomic E-state index is 3.72. The van der Waals surface area contributed by atoms with E-state index in [9.17, 15) is 0 Å². The second kappa shape index (κ2) is 32.2. The lowest BCUT2D eigenvalue weighted by Gasteiger charge is -2.36. The Balaban J connectivity index is 2.13. The second-order valence-corrected chi connectivity index (χ2v) is 13.7. The molecule has 0 unspecified atom stereocenters. The Bertz CT molecular complexity index is 485. The Morgan fingerprint density at radius 3 is 1.17 bits per heavy atom. The molecule has 0 spiro atoms. The lowest BCUT2D eigenvalue weighted by Crippen LogP contribution is -2.49. The summed E-state index contributed by atoms with van der Waals surface area (Å²) in [7, 11) is 0. The molecule has 1 heterocycles. The van der Waals surface area contributed by atoms with Gasteiger partial charge in [0, 0.05) is 52.4 Å². The third kappa shape index (κ3) is 26.3. The Hall–Kier alpha value is -0.160. The van der Waals surface area contributed by atoms with Gasteiger partial charge in [-0.25, -0.2) is 0 Å². The van der Waals surface area contributed by atoms with Gasteiger partial charge >= 0.3 is 0 Å². The van der Waals surface area contributed by atoms with E-state index >= 15 is 0 Å². The molecule has 1 N–H and O–H groups in total. The van der Waals surface area contributed by atoms with Crippen LogP contribution in [-0.2, 0) is 0 Å². The summed E-state index contributed by atoms with van der Waals surface area (Å²) in [6, 6.07) is 0. The molecule has 0 amide bonds. The van der Waals surface area contributed by atoms with Crippen LogP contribution in [0.4, 0.5) is 0 Å². The molecule has 4 nitrogen and oxygen atoms in total. The quantitative estimate of drug-likeness (QED) is 0.0765. The van der Waals surface area contributed by atoms with Gasteiger partial charge < -0.3 is 10.2 Å². The van der Waals surface area contributed by atoms with E-state index in [-0.39, 0.29) is 0 Å². The van der Waals surface area contributed by atoms with E-state index in [4.69, 9.17) is 0 Å². The largest absolute Gasteiger partial charge is 0.315 e. The maximum absolute atomic E-state index is 3.72. The van der Waals surface area contributed by atoms with Crippen molar-refractivity contribution in [3.8, 4) is 0 Å². The molecule has 0 radical (unpaired) electrons. The van der Waals surface area contributed by atoms with Gasteiger partial charge in [-0.05, 0) is 38.9 Å². The third-order valence-electron chi connectivity index (χ3n) is 9.67. The van der Waals surface area contributed by atoms with Crippen LogP contribution in [0.1, 0.15) is 175 Å². The highest BCUT2D eigenvalue weighted by Gasteiger charge is 2.17. The predicted molar refractivity (Wildman–Crippen MR) is 190 cm³/mol. The van der Waals surface area contributed by atoms with Gasteiger partial charge in [0.1, 0.15) is 0 Å². The lowest BCUT2D eigenvalue weighted by atomic mass is 10.1. The summed E-state index contributed by atoms with van der Waals surface area (Å²) in [5.74, 6) is 0. The first-order chi connectivity index (χ1) is 20.8. The fourth-order valence-electron chi connectivity index (χ4n) is 6.54. The first kappa shape index (κ1) is 39.9. The highest BCUT2D eigenvalue weighted by Crippen LogP contribution is 2.12. The molecule has 1 rings (SSSR count). The van der Waals surface area contributed by atoms with E-state index in [2.05, 4.69) is 40.8 Å². The Labute approximate surface area is 266 Å². The van der Waals surface area contributed by atoms with Gasteiger partial charge in [-0.1, -0.05) is 156 Å². The fourth-order valence-corrected chi connectivity index (χ4v) is 6.54. The highest BCUT2D eigenvalue weighted by atomic mass is 15.3. The lowest BCUT2D eigenvalue weighted by molar-refractivity contribution is 0.118. The highest BCUT2D eigenvalue weighted by molar-refractivity contribution is 4.74. The van der Waals surface area contributed by atoms with Crippen LogP contribution in [0.5, 0.6) is 0 Å². The molecule has 0 aliphatic carbocycles. The van der Waals surface area contributed by atoms with E-state index in [0.717, 1.165) is 0 Å². The van der Waals surface area contributed by atoms with Gasteiger partial charge in [-0.3, -0.25) is 9.80 Å². The van der Waals surface area contributed by atoms with E-state index in [1.54, 1.807) is 0 Å². The van der Waals surface area contributed by atoms with Crippen LogP contribution in [0, 0.1) is 0 Å². The summed E-state index contributed by atoms with van der Waals surface area (Å²) < 4.78 is 0. The van der Waals surface area contributed by atoms with Crippen LogP contribution >= 0.6 is 0 Å². The SMILES string of the molecule is CCCCCCCCCCNCCN1CCN(CCN(CCCCCCCCCC)CCCCCCCCCC)CC1. The summed E-state index contributed by atoms with van der Waals surface area (Å²) in [5, 5.41) is 3.72.